The number of hydrogen-bond acceptors (Lipinski definition) is 3. The standard InChI is InChI=1S/C17H24FN3O/c18-14-4-3-5-15(21-10-1-2-11-21)17(14)20-16(22)7-6-13-8-9-19-12-13/h3-5,13,19H,1-2,6-12H2,(H,20,22). The minimum absolute atomic E-state index is 0.0857. The molecule has 0 aliphatic carbocycles. The minimum Gasteiger partial charge on any atom is -0.370 e. The molecule has 1 atom stereocenters. The summed E-state index contributed by atoms with van der Waals surface area (Å²) in [6.45, 7) is 3.89. The van der Waals surface area contributed by atoms with Crippen molar-refractivity contribution in [1.82, 2.24) is 5.32 Å². The molecule has 0 aromatic heterocycles. The molecule has 1 amide bonds. The molecule has 0 bridgehead atoms. The molecule has 2 fully saturated rings. The Labute approximate surface area is 131 Å². The Morgan fingerprint density at radius 3 is 2.91 bits per heavy atom. The predicted molar refractivity (Wildman–Crippen MR) is 86.7 cm³/mol. The Bertz CT molecular complexity index is 523. The van der Waals surface area contributed by atoms with Gasteiger partial charge in [0.15, 0.2) is 0 Å². The molecule has 2 saturated heterocycles. The predicted octanol–water partition coefficient (Wildman–Crippen LogP) is 2.75. The lowest BCUT2D eigenvalue weighted by molar-refractivity contribution is -0.116. The second-order valence-corrected chi connectivity index (χ2v) is 6.27. The molecule has 120 valence electrons. The highest BCUT2D eigenvalue weighted by molar-refractivity contribution is 5.94. The maximum absolute atomic E-state index is 14.2. The topological polar surface area (TPSA) is 44.4 Å². The average Bonchev–Trinajstić information content (AvgIpc) is 3.20. The first-order chi connectivity index (χ1) is 10.7. The van der Waals surface area contributed by atoms with Crippen LogP contribution in [0.25, 0.3) is 0 Å². The maximum Gasteiger partial charge on any atom is 0.224 e. The summed E-state index contributed by atoms with van der Waals surface area (Å²) in [5, 5.41) is 6.11. The maximum atomic E-state index is 14.2. The van der Waals surface area contributed by atoms with Crippen molar-refractivity contribution in [3.05, 3.63) is 24.0 Å². The lowest BCUT2D eigenvalue weighted by atomic mass is 10.0. The van der Waals surface area contributed by atoms with Crippen LogP contribution in [0.5, 0.6) is 0 Å². The van der Waals surface area contributed by atoms with E-state index in [2.05, 4.69) is 15.5 Å². The van der Waals surface area contributed by atoms with Crippen LogP contribution in [0.3, 0.4) is 0 Å². The van der Waals surface area contributed by atoms with Crippen molar-refractivity contribution in [3.63, 3.8) is 0 Å². The molecule has 2 heterocycles. The molecule has 2 aliphatic heterocycles. The van der Waals surface area contributed by atoms with Crippen LogP contribution in [0.2, 0.25) is 0 Å². The van der Waals surface area contributed by atoms with E-state index < -0.39 is 0 Å². The van der Waals surface area contributed by atoms with Gasteiger partial charge in [-0.3, -0.25) is 4.79 Å². The third-order valence-electron chi connectivity index (χ3n) is 4.64. The third kappa shape index (κ3) is 3.58. The molecule has 2 N–H and O–H groups in total. The Balaban J connectivity index is 1.64. The number of hydrogen-bond donors (Lipinski definition) is 2. The van der Waals surface area contributed by atoms with Crippen molar-refractivity contribution >= 4 is 17.3 Å². The van der Waals surface area contributed by atoms with Crippen LogP contribution in [0, 0.1) is 11.7 Å². The highest BCUT2D eigenvalue weighted by atomic mass is 19.1. The SMILES string of the molecule is O=C(CCC1CCNC1)Nc1c(F)cccc1N1CCCC1. The van der Waals surface area contributed by atoms with Crippen LogP contribution in [-0.4, -0.2) is 32.1 Å². The van der Waals surface area contributed by atoms with Gasteiger partial charge in [-0.25, -0.2) is 4.39 Å². The van der Waals surface area contributed by atoms with Gasteiger partial charge in [0.1, 0.15) is 11.5 Å². The van der Waals surface area contributed by atoms with Crippen molar-refractivity contribution < 1.29 is 9.18 Å². The van der Waals surface area contributed by atoms with Crippen molar-refractivity contribution in [1.29, 1.82) is 0 Å². The van der Waals surface area contributed by atoms with Crippen molar-refractivity contribution in [2.24, 2.45) is 5.92 Å². The molecule has 3 rings (SSSR count). The van der Waals surface area contributed by atoms with Gasteiger partial charge >= 0.3 is 0 Å². The number of amides is 1. The highest BCUT2D eigenvalue weighted by Crippen LogP contribution is 2.31. The van der Waals surface area contributed by atoms with Gasteiger partial charge in [0.05, 0.1) is 5.69 Å². The van der Waals surface area contributed by atoms with Gasteiger partial charge in [-0.1, -0.05) is 6.07 Å². The molecule has 1 aromatic rings. The fraction of sp³-hybridized carbons (Fsp3) is 0.588. The zero-order valence-electron chi connectivity index (χ0n) is 12.9. The summed E-state index contributed by atoms with van der Waals surface area (Å²) in [6.07, 6.45) is 4.70. The molecular formula is C17H24FN3O. The average molecular weight is 305 g/mol. The van der Waals surface area contributed by atoms with E-state index in [9.17, 15) is 9.18 Å². The van der Waals surface area contributed by atoms with Crippen LogP contribution >= 0.6 is 0 Å². The number of nitrogens with zero attached hydrogens (tertiary/aromatic N) is 1. The van der Waals surface area contributed by atoms with Gasteiger partial charge in [0, 0.05) is 19.5 Å². The first-order valence-corrected chi connectivity index (χ1v) is 8.28. The Morgan fingerprint density at radius 2 is 2.18 bits per heavy atom. The van der Waals surface area contributed by atoms with E-state index in [0.29, 0.717) is 18.0 Å². The van der Waals surface area contributed by atoms with Crippen LogP contribution in [0.1, 0.15) is 32.1 Å². The van der Waals surface area contributed by atoms with Crippen molar-refractivity contribution in [3.8, 4) is 0 Å². The summed E-state index contributed by atoms with van der Waals surface area (Å²) < 4.78 is 14.2. The van der Waals surface area contributed by atoms with E-state index in [1.165, 1.54) is 6.07 Å². The van der Waals surface area contributed by atoms with E-state index in [-0.39, 0.29) is 11.7 Å². The second kappa shape index (κ2) is 7.09. The fourth-order valence-electron chi connectivity index (χ4n) is 3.36. The summed E-state index contributed by atoms with van der Waals surface area (Å²) >= 11 is 0. The summed E-state index contributed by atoms with van der Waals surface area (Å²) in [7, 11) is 0. The number of benzene rings is 1. The summed E-state index contributed by atoms with van der Waals surface area (Å²) in [5.74, 6) is 0.141. The van der Waals surface area contributed by atoms with Crippen LogP contribution in [0.4, 0.5) is 15.8 Å². The lowest BCUT2D eigenvalue weighted by Crippen LogP contribution is -2.22. The molecule has 0 saturated carbocycles. The number of rotatable bonds is 5. The second-order valence-electron chi connectivity index (χ2n) is 6.27. The summed E-state index contributed by atoms with van der Waals surface area (Å²) in [5.41, 5.74) is 1.16. The normalized spacial score (nSPS) is 21.3. The van der Waals surface area contributed by atoms with E-state index >= 15 is 0 Å². The van der Waals surface area contributed by atoms with Crippen molar-refractivity contribution in [2.45, 2.75) is 32.1 Å². The van der Waals surface area contributed by atoms with Gasteiger partial charge in [-0.05, 0) is 56.8 Å². The van der Waals surface area contributed by atoms with E-state index in [4.69, 9.17) is 0 Å². The minimum atomic E-state index is -0.347. The molecular weight excluding hydrogens is 281 g/mol. The molecule has 1 aromatic carbocycles. The fourth-order valence-corrected chi connectivity index (χ4v) is 3.36. The Kier molecular flexibility index (Phi) is 4.93. The molecule has 0 radical (unpaired) electrons. The first kappa shape index (κ1) is 15.3. The Hall–Kier alpha value is -1.62. The smallest absolute Gasteiger partial charge is 0.224 e. The van der Waals surface area contributed by atoms with Crippen LogP contribution < -0.4 is 15.5 Å². The number of para-hydroxylation sites is 1. The summed E-state index contributed by atoms with van der Waals surface area (Å²) in [6, 6.07) is 5.02. The van der Waals surface area contributed by atoms with E-state index in [1.807, 2.05) is 6.07 Å². The van der Waals surface area contributed by atoms with Gasteiger partial charge < -0.3 is 15.5 Å². The van der Waals surface area contributed by atoms with E-state index in [1.54, 1.807) is 6.07 Å². The number of halogens is 1. The molecule has 4 nitrogen and oxygen atoms in total. The van der Waals surface area contributed by atoms with Gasteiger partial charge in [-0.2, -0.15) is 0 Å². The van der Waals surface area contributed by atoms with Crippen molar-refractivity contribution in [2.75, 3.05) is 36.4 Å². The molecule has 0 spiro atoms. The molecule has 2 aliphatic rings. The number of anilines is 2. The largest absolute Gasteiger partial charge is 0.370 e. The molecule has 22 heavy (non-hydrogen) atoms. The first-order valence-electron chi connectivity index (χ1n) is 8.28. The third-order valence-corrected chi connectivity index (χ3v) is 4.64. The zero-order valence-corrected chi connectivity index (χ0v) is 12.9. The van der Waals surface area contributed by atoms with E-state index in [0.717, 1.165) is 57.5 Å². The Morgan fingerprint density at radius 1 is 1.36 bits per heavy atom. The number of carbonyl (C=O) groups is 1. The quantitative estimate of drug-likeness (QED) is 0.879. The molecule has 5 heteroatoms. The lowest BCUT2D eigenvalue weighted by Gasteiger charge is -2.22. The van der Waals surface area contributed by atoms with Gasteiger partial charge in [0.2, 0.25) is 5.91 Å². The zero-order chi connectivity index (χ0) is 15.4. The summed E-state index contributed by atoms with van der Waals surface area (Å²) in [4.78, 5) is 14.3. The van der Waals surface area contributed by atoms with Crippen LogP contribution in [0.15, 0.2) is 18.2 Å². The number of carbonyl (C=O) groups excluding carboxylic acids is 1. The number of nitrogens with one attached hydrogen (secondary N) is 2. The van der Waals surface area contributed by atoms with Gasteiger partial charge in [0.25, 0.3) is 0 Å². The monoisotopic (exact) mass is 305 g/mol. The van der Waals surface area contributed by atoms with Gasteiger partial charge in [-0.15, -0.1) is 0 Å². The highest BCUT2D eigenvalue weighted by Gasteiger charge is 2.20. The molecule has 1 unspecified atom stereocenters. The van der Waals surface area contributed by atoms with Crippen LogP contribution in [-0.2, 0) is 4.79 Å².